The van der Waals surface area contributed by atoms with Crippen molar-refractivity contribution in [3.05, 3.63) is 152 Å². The second-order valence-electron chi connectivity index (χ2n) is 11.4. The van der Waals surface area contributed by atoms with Gasteiger partial charge in [0.25, 0.3) is 0 Å². The number of hydrogen-bond donors (Lipinski definition) is 0. The molecule has 0 bridgehead atoms. The number of nitrogens with zero attached hydrogens (tertiary/aromatic N) is 5. The number of fused-ring (bicyclic) bond motifs is 7. The van der Waals surface area contributed by atoms with Crippen LogP contribution in [0.5, 0.6) is 0 Å². The Morgan fingerprint density at radius 3 is 1.30 bits per heavy atom. The molecule has 7 aromatic carbocycles. The fourth-order valence-corrected chi connectivity index (χ4v) is 6.24. The Labute approximate surface area is 264 Å². The predicted molar refractivity (Wildman–Crippen MR) is 187 cm³/mol. The summed E-state index contributed by atoms with van der Waals surface area (Å²) in [5, 5.41) is 8.14. The van der Waals surface area contributed by atoms with E-state index in [4.69, 9.17) is 24.9 Å². The predicted octanol–water partition coefficient (Wildman–Crippen LogP) is 9.94. The molecule has 0 saturated carbocycles. The fraction of sp³-hybridized carbons (Fsp3) is 0. The minimum Gasteiger partial charge on any atom is -0.236 e. The van der Waals surface area contributed by atoms with Gasteiger partial charge in [-0.15, -0.1) is 0 Å². The summed E-state index contributed by atoms with van der Waals surface area (Å²) in [6.07, 6.45) is 1.97. The van der Waals surface area contributed by atoms with Crippen LogP contribution in [-0.2, 0) is 0 Å². The van der Waals surface area contributed by atoms with Crippen molar-refractivity contribution in [1.29, 1.82) is 0 Å². The minimum atomic E-state index is 0.614. The number of rotatable bonds is 4. The first-order valence-electron chi connectivity index (χ1n) is 15.3. The Kier molecular flexibility index (Phi) is 6.06. The number of aromatic nitrogens is 5. The Bertz CT molecular complexity index is 2510. The Morgan fingerprint density at radius 2 is 0.739 bits per heavy atom. The molecule has 5 heteroatoms. The average Bonchev–Trinajstić information content (AvgIpc) is 3.14. The number of hydrogen-bond acceptors (Lipinski definition) is 5. The van der Waals surface area contributed by atoms with Gasteiger partial charge in [-0.3, -0.25) is 0 Å². The standard InChI is InChI=1S/C41H25N5/c1-3-11-26(12-4-1)39-44-40(27-13-5-2-6-14-27)46-41(45-39)29-21-19-28(20-22-29)38-42-25-36-33-18-10-9-17-32(33)34-23-30-15-7-8-16-31(30)24-35(34)37(36)43-38/h1-25H. The maximum Gasteiger partial charge on any atom is 0.164 e. The molecule has 9 rings (SSSR count). The van der Waals surface area contributed by atoms with Gasteiger partial charge in [0.1, 0.15) is 0 Å². The van der Waals surface area contributed by atoms with E-state index in [1.54, 1.807) is 0 Å². The van der Waals surface area contributed by atoms with Crippen molar-refractivity contribution in [2.75, 3.05) is 0 Å². The van der Waals surface area contributed by atoms with Crippen LogP contribution < -0.4 is 0 Å². The van der Waals surface area contributed by atoms with Gasteiger partial charge >= 0.3 is 0 Å². The summed E-state index contributed by atoms with van der Waals surface area (Å²) < 4.78 is 0. The lowest BCUT2D eigenvalue weighted by molar-refractivity contribution is 1.07. The first kappa shape index (κ1) is 26.1. The number of benzene rings is 7. The minimum absolute atomic E-state index is 0.614. The van der Waals surface area contributed by atoms with E-state index in [0.717, 1.165) is 43.9 Å². The van der Waals surface area contributed by atoms with E-state index in [2.05, 4.69) is 60.7 Å². The van der Waals surface area contributed by atoms with Crippen LogP contribution in [0.1, 0.15) is 0 Å². The molecule has 9 aromatic rings. The molecule has 0 atom stereocenters. The maximum absolute atomic E-state index is 5.19. The highest BCUT2D eigenvalue weighted by Crippen LogP contribution is 2.37. The Hall–Kier alpha value is -6.33. The van der Waals surface area contributed by atoms with Crippen LogP contribution in [0.4, 0.5) is 0 Å². The van der Waals surface area contributed by atoms with E-state index in [9.17, 15) is 0 Å². The van der Waals surface area contributed by atoms with Crippen LogP contribution >= 0.6 is 0 Å². The molecule has 214 valence electrons. The Balaban J connectivity index is 1.17. The molecule has 46 heavy (non-hydrogen) atoms. The van der Waals surface area contributed by atoms with Crippen molar-refractivity contribution in [2.24, 2.45) is 0 Å². The van der Waals surface area contributed by atoms with Crippen LogP contribution in [0.25, 0.3) is 88.8 Å². The highest BCUT2D eigenvalue weighted by molar-refractivity contribution is 6.26. The van der Waals surface area contributed by atoms with Crippen molar-refractivity contribution < 1.29 is 0 Å². The molecule has 0 aliphatic carbocycles. The molecular formula is C41H25N5. The summed E-state index contributed by atoms with van der Waals surface area (Å²) in [4.78, 5) is 24.6. The molecule has 0 fully saturated rings. The molecule has 0 saturated heterocycles. The van der Waals surface area contributed by atoms with Crippen molar-refractivity contribution in [3.8, 4) is 45.6 Å². The highest BCUT2D eigenvalue weighted by atomic mass is 15.0. The summed E-state index contributed by atoms with van der Waals surface area (Å²) >= 11 is 0. The summed E-state index contributed by atoms with van der Waals surface area (Å²) in [6.45, 7) is 0. The third kappa shape index (κ3) is 4.45. The zero-order valence-corrected chi connectivity index (χ0v) is 24.7. The monoisotopic (exact) mass is 587 g/mol. The molecule has 5 nitrogen and oxygen atoms in total. The quantitative estimate of drug-likeness (QED) is 0.151. The zero-order chi connectivity index (χ0) is 30.5. The van der Waals surface area contributed by atoms with E-state index < -0.39 is 0 Å². The normalized spacial score (nSPS) is 11.5. The van der Waals surface area contributed by atoms with Gasteiger partial charge in [0.2, 0.25) is 0 Å². The van der Waals surface area contributed by atoms with Gasteiger partial charge in [-0.25, -0.2) is 24.9 Å². The first-order chi connectivity index (χ1) is 22.8. The van der Waals surface area contributed by atoms with Gasteiger partial charge in [-0.2, -0.15) is 0 Å². The molecule has 0 aliphatic heterocycles. The molecule has 0 N–H and O–H groups in total. The summed E-state index contributed by atoms with van der Waals surface area (Å²) in [5.41, 5.74) is 4.65. The van der Waals surface area contributed by atoms with Gasteiger partial charge in [-0.05, 0) is 39.1 Å². The largest absolute Gasteiger partial charge is 0.236 e. The lowest BCUT2D eigenvalue weighted by Crippen LogP contribution is -2.00. The molecular weight excluding hydrogens is 562 g/mol. The van der Waals surface area contributed by atoms with Crippen LogP contribution in [0.3, 0.4) is 0 Å². The Morgan fingerprint density at radius 1 is 0.304 bits per heavy atom. The lowest BCUT2D eigenvalue weighted by atomic mass is 9.95. The summed E-state index contributed by atoms with van der Waals surface area (Å²) in [7, 11) is 0. The molecule has 0 aliphatic rings. The molecule has 2 heterocycles. The zero-order valence-electron chi connectivity index (χ0n) is 24.7. The van der Waals surface area contributed by atoms with Crippen LogP contribution in [0, 0.1) is 0 Å². The first-order valence-corrected chi connectivity index (χ1v) is 15.3. The van der Waals surface area contributed by atoms with Crippen molar-refractivity contribution in [3.63, 3.8) is 0 Å². The van der Waals surface area contributed by atoms with Gasteiger partial charge in [0.15, 0.2) is 23.3 Å². The fourth-order valence-electron chi connectivity index (χ4n) is 6.24. The molecule has 0 radical (unpaired) electrons. The average molecular weight is 588 g/mol. The van der Waals surface area contributed by atoms with Crippen molar-refractivity contribution in [1.82, 2.24) is 24.9 Å². The van der Waals surface area contributed by atoms with Crippen LogP contribution in [0.2, 0.25) is 0 Å². The van der Waals surface area contributed by atoms with Gasteiger partial charge in [-0.1, -0.05) is 133 Å². The highest BCUT2D eigenvalue weighted by Gasteiger charge is 2.15. The summed E-state index contributed by atoms with van der Waals surface area (Å²) in [5.74, 6) is 2.56. The SMILES string of the molecule is c1ccc(-c2nc(-c3ccccc3)nc(-c3ccc(-c4ncc5c6ccccc6c6cc7ccccc7cc6c5n4)cc3)n2)cc1. The van der Waals surface area contributed by atoms with Crippen molar-refractivity contribution in [2.45, 2.75) is 0 Å². The van der Waals surface area contributed by atoms with Crippen LogP contribution in [-0.4, -0.2) is 24.9 Å². The van der Waals surface area contributed by atoms with Crippen LogP contribution in [0.15, 0.2) is 152 Å². The molecule has 0 amide bonds. The van der Waals surface area contributed by atoms with Gasteiger partial charge in [0.05, 0.1) is 5.52 Å². The van der Waals surface area contributed by atoms with Gasteiger partial charge < -0.3 is 0 Å². The maximum atomic E-state index is 5.19. The van der Waals surface area contributed by atoms with E-state index >= 15 is 0 Å². The smallest absolute Gasteiger partial charge is 0.164 e. The third-order valence-corrected chi connectivity index (χ3v) is 8.54. The second-order valence-corrected chi connectivity index (χ2v) is 11.4. The lowest BCUT2D eigenvalue weighted by Gasteiger charge is -2.12. The van der Waals surface area contributed by atoms with Crippen molar-refractivity contribution >= 4 is 43.2 Å². The van der Waals surface area contributed by atoms with E-state index in [-0.39, 0.29) is 0 Å². The second kappa shape index (κ2) is 10.7. The third-order valence-electron chi connectivity index (χ3n) is 8.54. The molecule has 2 aromatic heterocycles. The molecule has 0 unspecified atom stereocenters. The molecule has 0 spiro atoms. The van der Waals surface area contributed by atoms with E-state index in [0.29, 0.717) is 23.3 Å². The van der Waals surface area contributed by atoms with E-state index in [1.807, 2.05) is 91.1 Å². The van der Waals surface area contributed by atoms with Gasteiger partial charge in [0, 0.05) is 39.2 Å². The summed E-state index contributed by atoms with van der Waals surface area (Å²) in [6, 6.07) is 49.7. The topological polar surface area (TPSA) is 64.5 Å². The van der Waals surface area contributed by atoms with E-state index in [1.165, 1.54) is 21.5 Å².